The lowest BCUT2D eigenvalue weighted by Gasteiger charge is -2.13. The van der Waals surface area contributed by atoms with Gasteiger partial charge in [0, 0.05) is 27.6 Å². The Morgan fingerprint density at radius 1 is 1.17 bits per heavy atom. The molecule has 0 radical (unpaired) electrons. The van der Waals surface area contributed by atoms with Gasteiger partial charge in [-0.2, -0.15) is 0 Å². The van der Waals surface area contributed by atoms with Gasteiger partial charge in [-0.05, 0) is 30.7 Å². The first kappa shape index (κ1) is 16.1. The summed E-state index contributed by atoms with van der Waals surface area (Å²) in [4.78, 5) is 18.3. The van der Waals surface area contributed by atoms with Crippen molar-refractivity contribution in [2.75, 3.05) is 5.75 Å². The molecule has 0 unspecified atom stereocenters. The molecule has 0 aliphatic rings. The lowest BCUT2D eigenvalue weighted by Crippen LogP contribution is -2.03. The number of rotatable bonds is 5. The predicted octanol–water partition coefficient (Wildman–Crippen LogP) is 4.97. The third-order valence-corrected chi connectivity index (χ3v) is 4.94. The molecule has 0 amide bonds. The van der Waals surface area contributed by atoms with E-state index in [0.717, 1.165) is 47.2 Å². The first-order valence-electron chi connectivity index (χ1n) is 8.19. The van der Waals surface area contributed by atoms with Gasteiger partial charge in [0.15, 0.2) is 5.43 Å². The minimum atomic E-state index is 0.0116. The molecule has 4 heteroatoms. The van der Waals surface area contributed by atoms with Crippen molar-refractivity contribution in [1.82, 2.24) is 4.98 Å². The summed E-state index contributed by atoms with van der Waals surface area (Å²) in [6.45, 7) is 6.40. The molecule has 0 spiro atoms. The highest BCUT2D eigenvalue weighted by molar-refractivity contribution is 7.99. The summed E-state index contributed by atoms with van der Waals surface area (Å²) >= 11 is 1.80. The number of fused-ring (bicyclic) bond motifs is 2. The van der Waals surface area contributed by atoms with E-state index in [4.69, 9.17) is 9.40 Å². The molecule has 2 aromatic heterocycles. The summed E-state index contributed by atoms with van der Waals surface area (Å²) in [5.41, 5.74) is 3.84. The maximum absolute atomic E-state index is 12.3. The Labute approximate surface area is 140 Å². The SMILES string of the molecule is CCCc1c2nc(CC)cc(SCC)c2cc2c(=O)ccoc12. The van der Waals surface area contributed by atoms with Crippen LogP contribution in [0.5, 0.6) is 0 Å². The van der Waals surface area contributed by atoms with Crippen LogP contribution in [0.1, 0.15) is 38.4 Å². The normalized spacial score (nSPS) is 11.4. The number of pyridine rings is 1. The molecule has 0 bridgehead atoms. The number of benzene rings is 1. The quantitative estimate of drug-likeness (QED) is 0.490. The summed E-state index contributed by atoms with van der Waals surface area (Å²) in [7, 11) is 0. The molecule has 0 aliphatic carbocycles. The molecular weight excluding hydrogens is 306 g/mol. The van der Waals surface area contributed by atoms with Crippen LogP contribution in [0.15, 0.2) is 38.6 Å². The third kappa shape index (κ3) is 2.88. The number of thioether (sulfide) groups is 1. The van der Waals surface area contributed by atoms with Crippen LogP contribution in [0.3, 0.4) is 0 Å². The van der Waals surface area contributed by atoms with Crippen LogP contribution < -0.4 is 5.43 Å². The highest BCUT2D eigenvalue weighted by Crippen LogP contribution is 2.34. The molecule has 3 aromatic rings. The van der Waals surface area contributed by atoms with Gasteiger partial charge in [-0.3, -0.25) is 9.78 Å². The Bertz CT molecular complexity index is 915. The van der Waals surface area contributed by atoms with E-state index in [0.29, 0.717) is 11.0 Å². The van der Waals surface area contributed by atoms with Crippen LogP contribution in [0.2, 0.25) is 0 Å². The molecule has 23 heavy (non-hydrogen) atoms. The molecule has 1 aromatic carbocycles. The van der Waals surface area contributed by atoms with E-state index < -0.39 is 0 Å². The van der Waals surface area contributed by atoms with Gasteiger partial charge in [-0.25, -0.2) is 0 Å². The first-order chi connectivity index (χ1) is 11.2. The number of hydrogen-bond donors (Lipinski definition) is 0. The zero-order chi connectivity index (χ0) is 16.4. The molecule has 0 fully saturated rings. The second-order valence-electron chi connectivity index (χ2n) is 5.56. The number of hydrogen-bond acceptors (Lipinski definition) is 4. The Morgan fingerprint density at radius 3 is 2.70 bits per heavy atom. The number of aryl methyl sites for hydroxylation is 2. The largest absolute Gasteiger partial charge is 0.464 e. The highest BCUT2D eigenvalue weighted by atomic mass is 32.2. The lowest BCUT2D eigenvalue weighted by atomic mass is 10.0. The van der Waals surface area contributed by atoms with Crippen LogP contribution >= 0.6 is 11.8 Å². The smallest absolute Gasteiger partial charge is 0.192 e. The fourth-order valence-corrected chi connectivity index (χ4v) is 3.78. The van der Waals surface area contributed by atoms with Crippen molar-refractivity contribution in [3.8, 4) is 0 Å². The zero-order valence-electron chi connectivity index (χ0n) is 13.8. The van der Waals surface area contributed by atoms with Crippen molar-refractivity contribution < 1.29 is 4.42 Å². The average molecular weight is 327 g/mol. The Morgan fingerprint density at radius 2 is 2.00 bits per heavy atom. The van der Waals surface area contributed by atoms with Crippen LogP contribution in [-0.4, -0.2) is 10.7 Å². The van der Waals surface area contributed by atoms with Crippen molar-refractivity contribution in [2.45, 2.75) is 44.9 Å². The molecule has 0 atom stereocenters. The van der Waals surface area contributed by atoms with Crippen LogP contribution in [0.25, 0.3) is 21.9 Å². The second kappa shape index (κ2) is 6.75. The average Bonchev–Trinajstić information content (AvgIpc) is 2.56. The summed E-state index contributed by atoms with van der Waals surface area (Å²) in [6.07, 6.45) is 4.23. The molecule has 120 valence electrons. The van der Waals surface area contributed by atoms with Crippen LogP contribution in [0, 0.1) is 0 Å². The Balaban J connectivity index is 2.49. The maximum Gasteiger partial charge on any atom is 0.192 e. The number of nitrogens with zero attached hydrogens (tertiary/aromatic N) is 1. The van der Waals surface area contributed by atoms with E-state index in [2.05, 4.69) is 26.8 Å². The van der Waals surface area contributed by atoms with Gasteiger partial charge in [-0.1, -0.05) is 27.2 Å². The second-order valence-corrected chi connectivity index (χ2v) is 6.87. The molecule has 3 nitrogen and oxygen atoms in total. The Hall–Kier alpha value is -1.81. The van der Waals surface area contributed by atoms with Gasteiger partial charge in [0.25, 0.3) is 0 Å². The van der Waals surface area contributed by atoms with E-state index >= 15 is 0 Å². The summed E-state index contributed by atoms with van der Waals surface area (Å²) < 4.78 is 5.71. The molecular formula is C19H21NO2S. The monoisotopic (exact) mass is 327 g/mol. The van der Waals surface area contributed by atoms with Gasteiger partial charge >= 0.3 is 0 Å². The zero-order valence-corrected chi connectivity index (χ0v) is 14.6. The van der Waals surface area contributed by atoms with Crippen molar-refractivity contribution >= 4 is 33.6 Å². The van der Waals surface area contributed by atoms with Crippen LogP contribution in [0.4, 0.5) is 0 Å². The van der Waals surface area contributed by atoms with Gasteiger partial charge in [0.05, 0.1) is 17.2 Å². The molecule has 0 aliphatic heterocycles. The predicted molar refractivity (Wildman–Crippen MR) is 97.6 cm³/mol. The fraction of sp³-hybridized carbons (Fsp3) is 0.368. The topological polar surface area (TPSA) is 43.1 Å². The molecule has 0 saturated heterocycles. The molecule has 3 rings (SSSR count). The summed E-state index contributed by atoms with van der Waals surface area (Å²) in [5, 5.41) is 1.73. The van der Waals surface area contributed by atoms with Crippen molar-refractivity contribution in [3.63, 3.8) is 0 Å². The molecule has 0 N–H and O–H groups in total. The van der Waals surface area contributed by atoms with E-state index in [1.807, 2.05) is 6.07 Å². The van der Waals surface area contributed by atoms with E-state index in [1.54, 1.807) is 11.8 Å². The highest BCUT2D eigenvalue weighted by Gasteiger charge is 2.16. The lowest BCUT2D eigenvalue weighted by molar-refractivity contribution is 0.597. The van der Waals surface area contributed by atoms with E-state index in [9.17, 15) is 4.79 Å². The Kier molecular flexibility index (Phi) is 4.71. The first-order valence-corrected chi connectivity index (χ1v) is 9.17. The molecule has 0 saturated carbocycles. The minimum absolute atomic E-state index is 0.0116. The van der Waals surface area contributed by atoms with Gasteiger partial charge in [-0.15, -0.1) is 11.8 Å². The van der Waals surface area contributed by atoms with Gasteiger partial charge < -0.3 is 4.42 Å². The van der Waals surface area contributed by atoms with E-state index in [-0.39, 0.29) is 5.43 Å². The van der Waals surface area contributed by atoms with Crippen molar-refractivity contribution in [2.24, 2.45) is 0 Å². The summed E-state index contributed by atoms with van der Waals surface area (Å²) in [5.74, 6) is 0.993. The fourth-order valence-electron chi connectivity index (χ4n) is 2.94. The standard InChI is InChI=1S/C19H21NO2S/c1-4-7-13-18-15(11-14-16(21)8-9-22-19(13)14)17(23-6-3)10-12(5-2)20-18/h8-11H,4-7H2,1-3H3. The van der Waals surface area contributed by atoms with Gasteiger partial charge in [0.2, 0.25) is 0 Å². The molecule has 2 heterocycles. The minimum Gasteiger partial charge on any atom is -0.464 e. The van der Waals surface area contributed by atoms with Crippen molar-refractivity contribution in [3.05, 3.63) is 45.9 Å². The van der Waals surface area contributed by atoms with Crippen LogP contribution in [-0.2, 0) is 12.8 Å². The van der Waals surface area contributed by atoms with E-state index in [1.165, 1.54) is 17.2 Å². The van der Waals surface area contributed by atoms with Gasteiger partial charge in [0.1, 0.15) is 5.58 Å². The maximum atomic E-state index is 12.3. The summed E-state index contributed by atoms with van der Waals surface area (Å²) in [6, 6.07) is 5.60. The number of aromatic nitrogens is 1. The third-order valence-electron chi connectivity index (χ3n) is 4.00. The van der Waals surface area contributed by atoms with Crippen molar-refractivity contribution in [1.29, 1.82) is 0 Å².